The fraction of sp³-hybridized carbons (Fsp3) is 0.103. The number of ether oxygens (including phenoxy) is 1. The zero-order valence-electron chi connectivity index (χ0n) is 20.6. The standard InChI is InChI=1S/C29H23ClN2O6S/c1-19-7-17-25(18-8-19)39(36,37)32-27(28(33)34)26(20-5-3-2-4-6-20)31(29(32)35)22-11-15-24(16-12-22)38-23-13-9-21(30)10-14-23/h2-18,26-27H,1H3,(H,33,34). The summed E-state index contributed by atoms with van der Waals surface area (Å²) in [5.74, 6) is -0.436. The molecule has 0 spiro atoms. The predicted molar refractivity (Wildman–Crippen MR) is 147 cm³/mol. The second-order valence-corrected chi connectivity index (χ2v) is 11.2. The van der Waals surface area contributed by atoms with Crippen LogP contribution in [0.1, 0.15) is 17.2 Å². The van der Waals surface area contributed by atoms with Gasteiger partial charge in [0.25, 0.3) is 10.0 Å². The molecule has 4 aromatic rings. The highest BCUT2D eigenvalue weighted by Crippen LogP contribution is 2.42. The number of anilines is 1. The lowest BCUT2D eigenvalue weighted by atomic mass is 9.99. The third-order valence-electron chi connectivity index (χ3n) is 6.36. The van der Waals surface area contributed by atoms with Gasteiger partial charge in [-0.05, 0) is 73.2 Å². The highest BCUT2D eigenvalue weighted by atomic mass is 35.5. The largest absolute Gasteiger partial charge is 0.480 e. The Labute approximate surface area is 230 Å². The van der Waals surface area contributed by atoms with Crippen LogP contribution in [0.5, 0.6) is 11.5 Å². The Kier molecular flexibility index (Phi) is 7.03. The smallest absolute Gasteiger partial charge is 0.340 e. The number of sulfonamides is 1. The number of aryl methyl sites for hydroxylation is 1. The average molecular weight is 563 g/mol. The number of urea groups is 1. The predicted octanol–water partition coefficient (Wildman–Crippen LogP) is 6.27. The lowest BCUT2D eigenvalue weighted by Crippen LogP contribution is -2.44. The van der Waals surface area contributed by atoms with E-state index in [1.165, 1.54) is 17.0 Å². The molecular weight excluding hydrogens is 540 g/mol. The molecule has 1 heterocycles. The second-order valence-electron chi connectivity index (χ2n) is 8.95. The van der Waals surface area contributed by atoms with Gasteiger partial charge in [-0.2, -0.15) is 4.31 Å². The van der Waals surface area contributed by atoms with E-state index in [4.69, 9.17) is 16.3 Å². The normalized spacial score (nSPS) is 17.3. The van der Waals surface area contributed by atoms with Crippen LogP contribution in [0.2, 0.25) is 5.02 Å². The molecule has 8 nitrogen and oxygen atoms in total. The van der Waals surface area contributed by atoms with Gasteiger partial charge >= 0.3 is 12.0 Å². The van der Waals surface area contributed by atoms with Gasteiger partial charge in [0.2, 0.25) is 0 Å². The number of nitrogens with zero attached hydrogens (tertiary/aromatic N) is 2. The van der Waals surface area contributed by atoms with Gasteiger partial charge in [-0.15, -0.1) is 0 Å². The lowest BCUT2D eigenvalue weighted by Gasteiger charge is -2.25. The molecular formula is C29H23ClN2O6S. The Morgan fingerprint density at radius 1 is 0.846 bits per heavy atom. The average Bonchev–Trinajstić information content (AvgIpc) is 3.25. The van der Waals surface area contributed by atoms with Crippen molar-refractivity contribution in [3.8, 4) is 11.5 Å². The summed E-state index contributed by atoms with van der Waals surface area (Å²) < 4.78 is 33.7. The van der Waals surface area contributed by atoms with Crippen LogP contribution in [-0.2, 0) is 14.8 Å². The molecule has 10 heteroatoms. The van der Waals surface area contributed by atoms with E-state index >= 15 is 0 Å². The molecule has 5 rings (SSSR count). The van der Waals surface area contributed by atoms with Crippen LogP contribution in [0.4, 0.5) is 10.5 Å². The van der Waals surface area contributed by atoms with Crippen molar-refractivity contribution in [2.24, 2.45) is 0 Å². The van der Waals surface area contributed by atoms with Crippen molar-refractivity contribution >= 4 is 39.3 Å². The van der Waals surface area contributed by atoms with E-state index in [9.17, 15) is 23.1 Å². The van der Waals surface area contributed by atoms with Crippen LogP contribution in [-0.4, -0.2) is 35.9 Å². The third kappa shape index (κ3) is 5.06. The van der Waals surface area contributed by atoms with E-state index < -0.39 is 34.1 Å². The first kappa shape index (κ1) is 26.3. The van der Waals surface area contributed by atoms with Gasteiger partial charge in [0.15, 0.2) is 6.04 Å². The van der Waals surface area contributed by atoms with E-state index in [1.807, 2.05) is 0 Å². The summed E-state index contributed by atoms with van der Waals surface area (Å²) in [5, 5.41) is 10.8. The van der Waals surface area contributed by atoms with Gasteiger partial charge < -0.3 is 9.84 Å². The van der Waals surface area contributed by atoms with E-state index in [1.54, 1.807) is 97.9 Å². The molecule has 0 bridgehead atoms. The zero-order valence-corrected chi connectivity index (χ0v) is 22.2. The first-order valence-electron chi connectivity index (χ1n) is 11.9. The van der Waals surface area contributed by atoms with Gasteiger partial charge in [0.05, 0.1) is 10.9 Å². The van der Waals surface area contributed by atoms with E-state index in [-0.39, 0.29) is 4.90 Å². The summed E-state index contributed by atoms with van der Waals surface area (Å²) in [6.07, 6.45) is 0. The zero-order chi connectivity index (χ0) is 27.7. The quantitative estimate of drug-likeness (QED) is 0.285. The van der Waals surface area contributed by atoms with Gasteiger partial charge in [-0.3, -0.25) is 4.90 Å². The molecule has 0 aliphatic carbocycles. The topological polar surface area (TPSA) is 104 Å². The highest BCUT2D eigenvalue weighted by molar-refractivity contribution is 7.89. The van der Waals surface area contributed by atoms with Crippen LogP contribution < -0.4 is 9.64 Å². The maximum absolute atomic E-state index is 13.9. The first-order valence-corrected chi connectivity index (χ1v) is 13.7. The number of carboxylic acids is 1. The molecule has 2 amide bonds. The van der Waals surface area contributed by atoms with Crippen LogP contribution in [0.15, 0.2) is 108 Å². The molecule has 1 N–H and O–H groups in total. The molecule has 198 valence electrons. The minimum atomic E-state index is -4.51. The molecule has 39 heavy (non-hydrogen) atoms. The summed E-state index contributed by atoms with van der Waals surface area (Å²) in [4.78, 5) is 27.5. The monoisotopic (exact) mass is 562 g/mol. The number of hydrogen-bond donors (Lipinski definition) is 1. The summed E-state index contributed by atoms with van der Waals surface area (Å²) in [5.41, 5.74) is 1.60. The van der Waals surface area contributed by atoms with E-state index in [0.717, 1.165) is 5.56 Å². The van der Waals surface area contributed by atoms with Gasteiger partial charge in [0, 0.05) is 10.7 Å². The summed E-state index contributed by atoms with van der Waals surface area (Å²) >= 11 is 5.93. The van der Waals surface area contributed by atoms with Crippen molar-refractivity contribution in [2.45, 2.75) is 23.9 Å². The molecule has 2 unspecified atom stereocenters. The summed E-state index contributed by atoms with van der Waals surface area (Å²) in [6.45, 7) is 1.80. The molecule has 2 atom stereocenters. The molecule has 1 saturated heterocycles. The van der Waals surface area contributed by atoms with Gasteiger partial charge in [0.1, 0.15) is 11.5 Å². The maximum atomic E-state index is 13.9. The number of carbonyl (C=O) groups is 2. The fourth-order valence-electron chi connectivity index (χ4n) is 4.49. The van der Waals surface area contributed by atoms with Crippen molar-refractivity contribution in [1.29, 1.82) is 0 Å². The Balaban J connectivity index is 1.58. The van der Waals surface area contributed by atoms with Crippen LogP contribution in [0, 0.1) is 6.92 Å². The van der Waals surface area contributed by atoms with Crippen molar-refractivity contribution in [3.63, 3.8) is 0 Å². The minimum absolute atomic E-state index is 0.173. The molecule has 1 aliphatic rings. The van der Waals surface area contributed by atoms with E-state index in [2.05, 4.69) is 0 Å². The van der Waals surface area contributed by atoms with Crippen LogP contribution >= 0.6 is 11.6 Å². The number of benzene rings is 4. The van der Waals surface area contributed by atoms with Crippen LogP contribution in [0.3, 0.4) is 0 Å². The highest BCUT2D eigenvalue weighted by Gasteiger charge is 2.56. The van der Waals surface area contributed by atoms with Crippen molar-refractivity contribution in [3.05, 3.63) is 119 Å². The van der Waals surface area contributed by atoms with Crippen molar-refractivity contribution in [1.82, 2.24) is 4.31 Å². The third-order valence-corrected chi connectivity index (χ3v) is 8.38. The first-order chi connectivity index (χ1) is 18.7. The van der Waals surface area contributed by atoms with E-state index in [0.29, 0.717) is 32.1 Å². The molecule has 1 fully saturated rings. The van der Waals surface area contributed by atoms with Gasteiger partial charge in [-0.25, -0.2) is 18.0 Å². The number of rotatable bonds is 7. The molecule has 4 aromatic carbocycles. The Morgan fingerprint density at radius 3 is 1.97 bits per heavy atom. The summed E-state index contributed by atoms with van der Waals surface area (Å²) in [7, 11) is -4.51. The molecule has 1 aliphatic heterocycles. The SMILES string of the molecule is Cc1ccc(S(=O)(=O)N2C(=O)N(c3ccc(Oc4ccc(Cl)cc4)cc3)C(c3ccccc3)C2C(=O)O)cc1. The lowest BCUT2D eigenvalue weighted by molar-refractivity contribution is -0.140. The molecule has 0 saturated carbocycles. The number of hydrogen-bond acceptors (Lipinski definition) is 5. The molecule has 0 radical (unpaired) electrons. The fourth-order valence-corrected chi connectivity index (χ4v) is 6.12. The maximum Gasteiger partial charge on any atom is 0.340 e. The van der Waals surface area contributed by atoms with Crippen LogP contribution in [0.25, 0.3) is 0 Å². The molecule has 0 aromatic heterocycles. The van der Waals surface area contributed by atoms with Crippen molar-refractivity contribution in [2.75, 3.05) is 4.90 Å². The second kappa shape index (κ2) is 10.4. The number of carboxylic acid groups (broad SMARTS) is 1. The number of amides is 2. The Bertz CT molecular complexity index is 1610. The number of halogens is 1. The Morgan fingerprint density at radius 2 is 1.41 bits per heavy atom. The minimum Gasteiger partial charge on any atom is -0.480 e. The Hall–Kier alpha value is -4.34. The van der Waals surface area contributed by atoms with Gasteiger partial charge in [-0.1, -0.05) is 59.6 Å². The number of carbonyl (C=O) groups excluding carboxylic acids is 1. The number of aliphatic carboxylic acids is 1. The summed E-state index contributed by atoms with van der Waals surface area (Å²) in [6, 6.07) is 23.8. The van der Waals surface area contributed by atoms with Crippen molar-refractivity contribution < 1.29 is 27.9 Å².